The Morgan fingerprint density at radius 2 is 1.91 bits per heavy atom. The van der Waals surface area contributed by atoms with Gasteiger partial charge in [-0.3, -0.25) is 5.10 Å². The number of benzene rings is 1. The van der Waals surface area contributed by atoms with Gasteiger partial charge < -0.3 is 4.90 Å². The normalized spacial score (nSPS) is 12.5. The molecule has 0 aliphatic heterocycles. The van der Waals surface area contributed by atoms with E-state index in [1.54, 1.807) is 12.5 Å². The predicted molar refractivity (Wildman–Crippen MR) is 86.5 cm³/mol. The number of likely N-dealkylation sites (N-methyl/N-ethyl adjacent to an activating group) is 1. The summed E-state index contributed by atoms with van der Waals surface area (Å²) >= 11 is 0. The summed E-state index contributed by atoms with van der Waals surface area (Å²) in [5.74, 6) is 0.233. The molecule has 2 aromatic heterocycles. The Kier molecular flexibility index (Phi) is 4.25. The highest BCUT2D eigenvalue weighted by atomic mass is 15.1. The van der Waals surface area contributed by atoms with Gasteiger partial charge in [0.25, 0.3) is 0 Å². The second-order valence-corrected chi connectivity index (χ2v) is 5.56. The third kappa shape index (κ3) is 3.20. The van der Waals surface area contributed by atoms with E-state index < -0.39 is 0 Å². The molecule has 1 aromatic carbocycles. The molecule has 0 saturated carbocycles. The molecule has 112 valence electrons. The van der Waals surface area contributed by atoms with E-state index in [1.165, 1.54) is 5.56 Å². The molecule has 3 rings (SSSR count). The minimum Gasteiger partial charge on any atom is -0.308 e. The zero-order valence-corrected chi connectivity index (χ0v) is 12.8. The minimum atomic E-state index is 0.233. The fraction of sp³-hybridized carbons (Fsp3) is 0.235. The summed E-state index contributed by atoms with van der Waals surface area (Å²) in [5, 5.41) is 6.84. The largest absolute Gasteiger partial charge is 0.308 e. The predicted octanol–water partition coefficient (Wildman–Crippen LogP) is 2.56. The van der Waals surface area contributed by atoms with E-state index in [9.17, 15) is 0 Å². The molecule has 0 bridgehead atoms. The molecule has 1 N–H and O–H groups in total. The van der Waals surface area contributed by atoms with Crippen molar-refractivity contribution >= 4 is 0 Å². The number of aromatic nitrogens is 4. The standard InChI is InChI=1S/C17H19N5/c1-22(2)11-16(17-7-8-18-12-19-17)14-5-3-13(4-6-14)15-9-20-21-10-15/h3-10,12,16H,11H2,1-2H3,(H,20,21). The van der Waals surface area contributed by atoms with Crippen molar-refractivity contribution in [1.29, 1.82) is 0 Å². The van der Waals surface area contributed by atoms with Crippen LogP contribution in [0.15, 0.2) is 55.2 Å². The summed E-state index contributed by atoms with van der Waals surface area (Å²) < 4.78 is 0. The molecule has 0 aliphatic rings. The quantitative estimate of drug-likeness (QED) is 0.785. The molecule has 0 spiro atoms. The number of H-pyrrole nitrogens is 1. The van der Waals surface area contributed by atoms with E-state index in [0.29, 0.717) is 0 Å². The summed E-state index contributed by atoms with van der Waals surface area (Å²) in [6, 6.07) is 10.6. The minimum absolute atomic E-state index is 0.233. The van der Waals surface area contributed by atoms with Crippen LogP contribution in [0.4, 0.5) is 0 Å². The number of hydrogen-bond donors (Lipinski definition) is 1. The van der Waals surface area contributed by atoms with Crippen molar-refractivity contribution in [3.05, 3.63) is 66.5 Å². The first-order valence-electron chi connectivity index (χ1n) is 7.24. The number of nitrogens with zero attached hydrogens (tertiary/aromatic N) is 4. The van der Waals surface area contributed by atoms with E-state index in [-0.39, 0.29) is 5.92 Å². The van der Waals surface area contributed by atoms with Crippen LogP contribution in [0.1, 0.15) is 17.2 Å². The lowest BCUT2D eigenvalue weighted by molar-refractivity contribution is 0.389. The van der Waals surface area contributed by atoms with E-state index in [4.69, 9.17) is 0 Å². The lowest BCUT2D eigenvalue weighted by atomic mass is 9.93. The van der Waals surface area contributed by atoms with Crippen molar-refractivity contribution in [1.82, 2.24) is 25.1 Å². The van der Waals surface area contributed by atoms with Crippen molar-refractivity contribution in [3.8, 4) is 11.1 Å². The van der Waals surface area contributed by atoms with Crippen LogP contribution in [0.2, 0.25) is 0 Å². The van der Waals surface area contributed by atoms with Gasteiger partial charge in [-0.2, -0.15) is 5.10 Å². The molecule has 0 amide bonds. The van der Waals surface area contributed by atoms with Crippen LogP contribution in [0, 0.1) is 0 Å². The van der Waals surface area contributed by atoms with Crippen LogP contribution in [-0.2, 0) is 0 Å². The summed E-state index contributed by atoms with van der Waals surface area (Å²) in [5.41, 5.74) is 4.54. The number of nitrogens with one attached hydrogen (secondary N) is 1. The summed E-state index contributed by atoms with van der Waals surface area (Å²) in [6.45, 7) is 0.905. The van der Waals surface area contributed by atoms with Gasteiger partial charge >= 0.3 is 0 Å². The molecule has 5 heteroatoms. The Bertz CT molecular complexity index is 690. The molecule has 2 heterocycles. The maximum absolute atomic E-state index is 4.43. The molecular weight excluding hydrogens is 274 g/mol. The topological polar surface area (TPSA) is 57.7 Å². The zero-order chi connectivity index (χ0) is 15.4. The third-order valence-corrected chi connectivity index (χ3v) is 3.65. The highest BCUT2D eigenvalue weighted by Crippen LogP contribution is 2.26. The fourth-order valence-corrected chi connectivity index (χ4v) is 2.56. The van der Waals surface area contributed by atoms with E-state index in [2.05, 4.69) is 63.4 Å². The van der Waals surface area contributed by atoms with Crippen LogP contribution < -0.4 is 0 Å². The summed E-state index contributed by atoms with van der Waals surface area (Å²) in [4.78, 5) is 10.6. The van der Waals surface area contributed by atoms with Crippen molar-refractivity contribution in [3.63, 3.8) is 0 Å². The van der Waals surface area contributed by atoms with Gasteiger partial charge in [0.2, 0.25) is 0 Å². The highest BCUT2D eigenvalue weighted by Gasteiger charge is 2.16. The second-order valence-electron chi connectivity index (χ2n) is 5.56. The zero-order valence-electron chi connectivity index (χ0n) is 12.8. The molecular formula is C17H19N5. The van der Waals surface area contributed by atoms with Crippen LogP contribution in [0.25, 0.3) is 11.1 Å². The maximum Gasteiger partial charge on any atom is 0.115 e. The van der Waals surface area contributed by atoms with Crippen LogP contribution in [0.3, 0.4) is 0 Å². The summed E-state index contributed by atoms with van der Waals surface area (Å²) in [6.07, 6.45) is 7.14. The lowest BCUT2D eigenvalue weighted by Gasteiger charge is -2.21. The highest BCUT2D eigenvalue weighted by molar-refractivity contribution is 5.62. The van der Waals surface area contributed by atoms with Gasteiger partial charge in [0.15, 0.2) is 0 Å². The monoisotopic (exact) mass is 293 g/mol. The molecule has 22 heavy (non-hydrogen) atoms. The van der Waals surface area contributed by atoms with Crippen LogP contribution >= 0.6 is 0 Å². The Morgan fingerprint density at radius 3 is 2.50 bits per heavy atom. The Labute approximate surface area is 130 Å². The van der Waals surface area contributed by atoms with Crippen molar-refractivity contribution < 1.29 is 0 Å². The van der Waals surface area contributed by atoms with E-state index in [1.807, 2.05) is 18.5 Å². The van der Waals surface area contributed by atoms with Gasteiger partial charge in [-0.25, -0.2) is 9.97 Å². The third-order valence-electron chi connectivity index (χ3n) is 3.65. The maximum atomic E-state index is 4.43. The molecule has 5 nitrogen and oxygen atoms in total. The molecule has 0 aliphatic carbocycles. The Balaban J connectivity index is 1.91. The van der Waals surface area contributed by atoms with Crippen molar-refractivity contribution in [2.45, 2.75) is 5.92 Å². The average molecular weight is 293 g/mol. The molecule has 0 radical (unpaired) electrons. The van der Waals surface area contributed by atoms with Crippen molar-refractivity contribution in [2.75, 3.05) is 20.6 Å². The first-order valence-corrected chi connectivity index (χ1v) is 7.24. The SMILES string of the molecule is CN(C)CC(c1ccc(-c2cn[nH]c2)cc1)c1ccncn1. The van der Waals surface area contributed by atoms with E-state index in [0.717, 1.165) is 23.4 Å². The van der Waals surface area contributed by atoms with Gasteiger partial charge in [-0.15, -0.1) is 0 Å². The van der Waals surface area contributed by atoms with Crippen LogP contribution in [-0.4, -0.2) is 45.7 Å². The Morgan fingerprint density at radius 1 is 1.09 bits per heavy atom. The molecule has 1 atom stereocenters. The second kappa shape index (κ2) is 6.49. The molecule has 3 aromatic rings. The summed E-state index contributed by atoms with van der Waals surface area (Å²) in [7, 11) is 4.15. The number of rotatable bonds is 5. The molecule has 1 unspecified atom stereocenters. The van der Waals surface area contributed by atoms with Gasteiger partial charge in [-0.1, -0.05) is 24.3 Å². The fourth-order valence-electron chi connectivity index (χ4n) is 2.56. The van der Waals surface area contributed by atoms with Crippen LogP contribution in [0.5, 0.6) is 0 Å². The first kappa shape index (κ1) is 14.4. The van der Waals surface area contributed by atoms with Gasteiger partial charge in [-0.05, 0) is 31.3 Å². The molecule has 0 fully saturated rings. The van der Waals surface area contributed by atoms with E-state index >= 15 is 0 Å². The van der Waals surface area contributed by atoms with Gasteiger partial charge in [0.05, 0.1) is 11.9 Å². The number of hydrogen-bond acceptors (Lipinski definition) is 4. The molecule has 0 saturated heterocycles. The lowest BCUT2D eigenvalue weighted by Crippen LogP contribution is -2.22. The smallest absolute Gasteiger partial charge is 0.115 e. The van der Waals surface area contributed by atoms with Crippen molar-refractivity contribution in [2.24, 2.45) is 0 Å². The van der Waals surface area contributed by atoms with Gasteiger partial charge in [0, 0.05) is 30.4 Å². The Hall–Kier alpha value is -2.53. The number of aromatic amines is 1. The first-order chi connectivity index (χ1) is 10.7. The average Bonchev–Trinajstić information content (AvgIpc) is 3.08. The van der Waals surface area contributed by atoms with Gasteiger partial charge in [0.1, 0.15) is 6.33 Å².